The smallest absolute Gasteiger partial charge is 0.411 e. The molecule has 0 aliphatic heterocycles. The van der Waals surface area contributed by atoms with E-state index in [0.717, 1.165) is 39.3 Å². The summed E-state index contributed by atoms with van der Waals surface area (Å²) >= 11 is 29.9. The molecule has 218 valence electrons. The fraction of sp³-hybridized carbons (Fsp3) is 0.889. The first kappa shape index (κ1) is 44.9. The van der Waals surface area contributed by atoms with Crippen LogP contribution in [0, 0.1) is 0 Å². The molecule has 3 nitrogen and oxygen atoms in total. The molecule has 0 rings (SSSR count). The largest absolute Gasteiger partial charge is 3.00 e. The summed E-state index contributed by atoms with van der Waals surface area (Å²) in [6.07, 6.45) is 14.4. The molecule has 0 aromatic carbocycles. The molecular formula is C27H54AsN3S6. The van der Waals surface area contributed by atoms with Gasteiger partial charge in [-0.3, -0.25) is 0 Å². The molecule has 0 aromatic rings. The van der Waals surface area contributed by atoms with Crippen molar-refractivity contribution < 1.29 is 0 Å². The average molecular weight is 688 g/mol. The van der Waals surface area contributed by atoms with Crippen molar-refractivity contribution in [2.75, 3.05) is 39.3 Å². The summed E-state index contributed by atoms with van der Waals surface area (Å²) in [6.45, 7) is 19.4. The number of thiocarbonyl (C=S) groups is 3. The van der Waals surface area contributed by atoms with Gasteiger partial charge in [0.15, 0.2) is 0 Å². The van der Waals surface area contributed by atoms with Crippen molar-refractivity contribution >= 4 is 105 Å². The number of hydrogen-bond donors (Lipinski definition) is 0. The van der Waals surface area contributed by atoms with E-state index in [9.17, 15) is 0 Å². The van der Waals surface area contributed by atoms with Crippen LogP contribution in [0.3, 0.4) is 0 Å². The summed E-state index contributed by atoms with van der Waals surface area (Å²) in [7, 11) is 0. The first-order valence-corrected chi connectivity index (χ1v) is 16.5. The zero-order valence-electron chi connectivity index (χ0n) is 24.5. The van der Waals surface area contributed by atoms with E-state index < -0.39 is 0 Å². The van der Waals surface area contributed by atoms with Crippen LogP contribution in [0.4, 0.5) is 0 Å². The third-order valence-electron chi connectivity index (χ3n) is 5.46. The first-order valence-electron chi connectivity index (χ1n) is 14.0. The molecule has 0 fully saturated rings. The van der Waals surface area contributed by atoms with Crippen LogP contribution in [-0.4, -0.2) is 84.9 Å². The fourth-order valence-electron chi connectivity index (χ4n) is 2.98. The summed E-state index contributed by atoms with van der Waals surface area (Å²) in [6, 6.07) is 0. The predicted molar refractivity (Wildman–Crippen MR) is 190 cm³/mol. The van der Waals surface area contributed by atoms with E-state index in [1.165, 1.54) is 77.0 Å². The van der Waals surface area contributed by atoms with Gasteiger partial charge in [-0.25, -0.2) is 0 Å². The van der Waals surface area contributed by atoms with Crippen molar-refractivity contribution in [1.29, 1.82) is 0 Å². The van der Waals surface area contributed by atoms with E-state index in [0.29, 0.717) is 13.0 Å². The Labute approximate surface area is 275 Å². The Kier molecular flexibility index (Phi) is 42.4. The molecule has 0 unspecified atom stereocenters. The summed E-state index contributed by atoms with van der Waals surface area (Å²) in [5, 5.41) is 0. The second-order valence-electron chi connectivity index (χ2n) is 8.88. The number of unbranched alkanes of at least 4 members (excludes halogenated alkanes) is 6. The normalized spacial score (nSPS) is 9.57. The molecule has 0 spiro atoms. The molecule has 37 heavy (non-hydrogen) atoms. The van der Waals surface area contributed by atoms with Crippen molar-refractivity contribution in [2.24, 2.45) is 0 Å². The Morgan fingerprint density at radius 3 is 0.622 bits per heavy atom. The topological polar surface area (TPSA) is 9.72 Å². The summed E-state index contributed by atoms with van der Waals surface area (Å²) < 4.78 is 1.91. The van der Waals surface area contributed by atoms with Gasteiger partial charge in [0, 0.05) is 39.3 Å². The van der Waals surface area contributed by atoms with Crippen LogP contribution in [0.5, 0.6) is 0 Å². The van der Waals surface area contributed by atoms with E-state index in [4.69, 9.17) is 74.5 Å². The first-order chi connectivity index (χ1) is 17.2. The van der Waals surface area contributed by atoms with Gasteiger partial charge in [0.1, 0.15) is 0 Å². The molecule has 0 N–H and O–H groups in total. The Balaban J connectivity index is -0.000000218. The fourth-order valence-corrected chi connectivity index (χ4v) is 4.07. The molecule has 0 saturated heterocycles. The van der Waals surface area contributed by atoms with E-state index in [2.05, 4.69) is 56.2 Å². The van der Waals surface area contributed by atoms with E-state index >= 15 is 0 Å². The van der Waals surface area contributed by atoms with Gasteiger partial charge in [0.2, 0.25) is 0 Å². The van der Waals surface area contributed by atoms with Gasteiger partial charge in [-0.1, -0.05) is 93.0 Å². The maximum atomic E-state index is 4.98. The molecule has 0 aliphatic carbocycles. The minimum Gasteiger partial charge on any atom is -0.411 e. The van der Waals surface area contributed by atoms with Gasteiger partial charge in [-0.15, -0.1) is 0 Å². The molecule has 0 atom stereocenters. The van der Waals surface area contributed by atoms with Crippen LogP contribution in [-0.2, 0) is 37.9 Å². The minimum absolute atomic E-state index is 0. The van der Waals surface area contributed by atoms with Crippen LogP contribution in [0.2, 0.25) is 0 Å². The van der Waals surface area contributed by atoms with Crippen molar-refractivity contribution in [2.45, 2.75) is 119 Å². The van der Waals surface area contributed by atoms with Gasteiger partial charge < -0.3 is 89.2 Å². The molecule has 0 saturated carbocycles. The standard InChI is InChI=1S/3C9H19NS2.As/c3*1-3-5-7-10(9(11)12)8-6-4-2;/h3*3-8H2,1-2H3,(H,11,12);/q;;;+3/p-3. The number of nitrogens with zero attached hydrogens (tertiary/aromatic N) is 3. The van der Waals surface area contributed by atoms with Gasteiger partial charge in [0.05, 0.1) is 0 Å². The van der Waals surface area contributed by atoms with Crippen LogP contribution in [0.1, 0.15) is 119 Å². The van der Waals surface area contributed by atoms with Crippen LogP contribution in [0.15, 0.2) is 0 Å². The van der Waals surface area contributed by atoms with E-state index in [-0.39, 0.29) is 18.0 Å². The maximum Gasteiger partial charge on any atom is 3.00 e. The summed E-state index contributed by atoms with van der Waals surface area (Å²) in [5.74, 6) is 0. The molecule has 0 amide bonds. The van der Waals surface area contributed by atoms with Gasteiger partial charge >= 0.3 is 18.0 Å². The van der Waals surface area contributed by atoms with Crippen LogP contribution in [0.25, 0.3) is 0 Å². The zero-order chi connectivity index (χ0) is 28.2. The van der Waals surface area contributed by atoms with Crippen molar-refractivity contribution in [3.8, 4) is 0 Å². The molecule has 0 aliphatic rings. The quantitative estimate of drug-likeness (QED) is 0.0805. The molecule has 0 bridgehead atoms. The van der Waals surface area contributed by atoms with Crippen LogP contribution >= 0.6 is 36.7 Å². The molecule has 0 heterocycles. The second-order valence-corrected chi connectivity index (χ2v) is 12.0. The number of hydrogen-bond acceptors (Lipinski definition) is 6. The Hall–Kier alpha value is 0.888. The van der Waals surface area contributed by atoms with Gasteiger partial charge in [-0.05, 0) is 38.5 Å². The van der Waals surface area contributed by atoms with E-state index in [1.807, 2.05) is 0 Å². The maximum absolute atomic E-state index is 4.98. The second kappa shape index (κ2) is 34.9. The van der Waals surface area contributed by atoms with Crippen LogP contribution < -0.4 is 0 Å². The minimum atomic E-state index is 0. The van der Waals surface area contributed by atoms with Gasteiger partial charge in [0.25, 0.3) is 0 Å². The Morgan fingerprint density at radius 1 is 0.405 bits per heavy atom. The Morgan fingerprint density at radius 2 is 0.541 bits per heavy atom. The summed E-state index contributed by atoms with van der Waals surface area (Å²) in [4.78, 5) is 6.41. The third kappa shape index (κ3) is 33.0. The molecule has 0 aromatic heterocycles. The van der Waals surface area contributed by atoms with Crippen molar-refractivity contribution in [3.63, 3.8) is 0 Å². The summed E-state index contributed by atoms with van der Waals surface area (Å²) in [5.41, 5.74) is 0. The number of rotatable bonds is 18. The predicted octanol–water partition coefficient (Wildman–Crippen LogP) is 7.78. The Bertz CT molecular complexity index is 431. The monoisotopic (exact) mass is 687 g/mol. The molecule has 2 radical (unpaired) electrons. The zero-order valence-corrected chi connectivity index (χ0v) is 31.2. The SMILES string of the molecule is CCCCN(CCCC)C(=S)[S-].CCCCN(CCCC)C(=S)[S-].CCCCN(CCCC)C(=S)[S-].[As+3]. The van der Waals surface area contributed by atoms with Crippen molar-refractivity contribution in [1.82, 2.24) is 14.7 Å². The molecule has 10 heteroatoms. The van der Waals surface area contributed by atoms with Gasteiger partial charge in [-0.2, -0.15) is 0 Å². The van der Waals surface area contributed by atoms with E-state index in [1.54, 1.807) is 0 Å². The average Bonchev–Trinajstić information content (AvgIpc) is 2.84. The third-order valence-corrected chi connectivity index (χ3v) is 7.01. The van der Waals surface area contributed by atoms with Crippen molar-refractivity contribution in [3.05, 3.63) is 0 Å². The molecular weight excluding hydrogens is 634 g/mol.